The Morgan fingerprint density at radius 2 is 1.88 bits per heavy atom. The van der Waals surface area contributed by atoms with Crippen LogP contribution < -0.4 is 15.2 Å². The first-order valence-electron chi connectivity index (χ1n) is 7.38. The van der Waals surface area contributed by atoms with Gasteiger partial charge in [-0.25, -0.2) is 13.4 Å². The zero-order chi connectivity index (χ0) is 18.0. The summed E-state index contributed by atoms with van der Waals surface area (Å²) < 4.78 is 33.0. The van der Waals surface area contributed by atoms with E-state index in [2.05, 4.69) is 9.71 Å². The van der Waals surface area contributed by atoms with Crippen LogP contribution in [0.4, 0.5) is 10.8 Å². The third kappa shape index (κ3) is 3.75. The van der Waals surface area contributed by atoms with Crippen molar-refractivity contribution in [3.8, 4) is 17.0 Å². The van der Waals surface area contributed by atoms with Gasteiger partial charge >= 0.3 is 0 Å². The van der Waals surface area contributed by atoms with Crippen LogP contribution in [0, 0.1) is 6.92 Å². The quantitative estimate of drug-likeness (QED) is 0.666. The van der Waals surface area contributed by atoms with E-state index in [-0.39, 0.29) is 15.8 Å². The van der Waals surface area contributed by atoms with E-state index in [4.69, 9.17) is 10.5 Å². The van der Waals surface area contributed by atoms with Gasteiger partial charge in [0, 0.05) is 16.6 Å². The number of nitrogens with two attached hydrogens (primary N) is 1. The number of rotatable bonds is 5. The summed E-state index contributed by atoms with van der Waals surface area (Å²) in [6, 6.07) is 12.2. The molecule has 0 saturated heterocycles. The highest BCUT2D eigenvalue weighted by atomic mass is 32.2. The van der Waals surface area contributed by atoms with Crippen LogP contribution in [0.1, 0.15) is 5.56 Å². The van der Waals surface area contributed by atoms with E-state index < -0.39 is 10.0 Å². The summed E-state index contributed by atoms with van der Waals surface area (Å²) in [4.78, 5) is 4.43. The first kappa shape index (κ1) is 17.2. The predicted octanol–water partition coefficient (Wildman–Crippen LogP) is 3.51. The van der Waals surface area contributed by atoms with Crippen LogP contribution in [-0.2, 0) is 10.0 Å². The lowest BCUT2D eigenvalue weighted by molar-refractivity contribution is 0.402. The fraction of sp³-hybridized carbons (Fsp3) is 0.118. The van der Waals surface area contributed by atoms with Crippen LogP contribution in [0.15, 0.2) is 52.7 Å². The van der Waals surface area contributed by atoms with Crippen LogP contribution in [0.5, 0.6) is 5.75 Å². The molecule has 2 aromatic carbocycles. The number of sulfonamides is 1. The number of aryl methyl sites for hydroxylation is 1. The maximum Gasteiger partial charge on any atom is 0.267 e. The average molecular weight is 375 g/mol. The summed E-state index contributed by atoms with van der Waals surface area (Å²) in [6.45, 7) is 1.82. The lowest BCUT2D eigenvalue weighted by atomic mass is 10.2. The monoisotopic (exact) mass is 375 g/mol. The highest BCUT2D eigenvalue weighted by Crippen LogP contribution is 2.30. The Balaban J connectivity index is 1.90. The minimum absolute atomic E-state index is 0.0826. The van der Waals surface area contributed by atoms with Crippen LogP contribution in [-0.4, -0.2) is 20.5 Å². The zero-order valence-electron chi connectivity index (χ0n) is 13.7. The summed E-state index contributed by atoms with van der Waals surface area (Å²) in [5.74, 6) is 0.286. The van der Waals surface area contributed by atoms with Crippen LogP contribution in [0.2, 0.25) is 0 Å². The lowest BCUT2D eigenvalue weighted by Gasteiger charge is -2.10. The zero-order valence-corrected chi connectivity index (χ0v) is 15.3. The molecule has 3 N–H and O–H groups in total. The molecule has 8 heteroatoms. The molecular weight excluding hydrogens is 358 g/mol. The molecule has 0 fully saturated rings. The molecule has 0 amide bonds. The van der Waals surface area contributed by atoms with Crippen molar-refractivity contribution in [2.45, 2.75) is 11.8 Å². The van der Waals surface area contributed by atoms with Gasteiger partial charge in [-0.15, -0.1) is 11.3 Å². The van der Waals surface area contributed by atoms with Crippen molar-refractivity contribution in [3.63, 3.8) is 0 Å². The van der Waals surface area contributed by atoms with E-state index in [1.807, 2.05) is 19.1 Å². The Bertz CT molecular complexity index is 996. The number of hydrogen-bond donors (Lipinski definition) is 2. The number of benzene rings is 2. The van der Waals surface area contributed by atoms with Gasteiger partial charge in [0.05, 0.1) is 12.8 Å². The maximum atomic E-state index is 12.7. The number of thiazole rings is 1. The molecule has 0 bridgehead atoms. The molecule has 0 spiro atoms. The summed E-state index contributed by atoms with van der Waals surface area (Å²) in [5, 5.41) is 2.08. The third-order valence-corrected chi connectivity index (χ3v) is 5.79. The smallest absolute Gasteiger partial charge is 0.267 e. The van der Waals surface area contributed by atoms with Crippen molar-refractivity contribution < 1.29 is 13.2 Å². The molecule has 1 heterocycles. The number of aromatic nitrogens is 1. The van der Waals surface area contributed by atoms with Gasteiger partial charge < -0.3 is 10.5 Å². The second-order valence-electron chi connectivity index (χ2n) is 5.42. The fourth-order valence-corrected chi connectivity index (χ4v) is 4.50. The summed E-state index contributed by atoms with van der Waals surface area (Å²) in [5.41, 5.74) is 8.70. The Morgan fingerprint density at radius 3 is 2.56 bits per heavy atom. The molecule has 1 aromatic heterocycles. The molecule has 25 heavy (non-hydrogen) atoms. The molecule has 130 valence electrons. The molecule has 0 aliphatic heterocycles. The van der Waals surface area contributed by atoms with Gasteiger partial charge in [0.15, 0.2) is 5.13 Å². The van der Waals surface area contributed by atoms with Gasteiger partial charge in [-0.05, 0) is 36.8 Å². The highest BCUT2D eigenvalue weighted by molar-refractivity contribution is 7.93. The lowest BCUT2D eigenvalue weighted by Crippen LogP contribution is -2.14. The van der Waals surface area contributed by atoms with Gasteiger partial charge in [0.1, 0.15) is 10.6 Å². The average Bonchev–Trinajstić information content (AvgIpc) is 3.03. The SMILES string of the molecule is COc1ccc(C)cc1S(=O)(=O)Nc1nc(-c2ccc(N)cc2)cs1. The Hall–Kier alpha value is -2.58. The van der Waals surface area contributed by atoms with Crippen LogP contribution >= 0.6 is 11.3 Å². The normalized spacial score (nSPS) is 11.3. The molecule has 0 aliphatic rings. The number of nitrogen functional groups attached to an aromatic ring is 1. The molecule has 6 nitrogen and oxygen atoms in total. The van der Waals surface area contributed by atoms with Gasteiger partial charge in [-0.2, -0.15) is 0 Å². The van der Waals surface area contributed by atoms with Gasteiger partial charge in [0.2, 0.25) is 0 Å². The maximum absolute atomic E-state index is 12.7. The number of hydrogen-bond acceptors (Lipinski definition) is 6. The number of nitrogens with one attached hydrogen (secondary N) is 1. The number of ether oxygens (including phenoxy) is 1. The molecule has 3 aromatic rings. The van der Waals surface area contributed by atoms with Gasteiger partial charge in [-0.1, -0.05) is 18.2 Å². The van der Waals surface area contributed by atoms with E-state index in [0.29, 0.717) is 11.4 Å². The van der Waals surface area contributed by atoms with Crippen molar-refractivity contribution in [1.82, 2.24) is 4.98 Å². The summed E-state index contributed by atoms with van der Waals surface area (Å²) in [6.07, 6.45) is 0. The first-order chi connectivity index (χ1) is 11.9. The van der Waals surface area contributed by atoms with Crippen molar-refractivity contribution in [2.24, 2.45) is 0 Å². The molecule has 0 atom stereocenters. The van der Waals surface area contributed by atoms with E-state index >= 15 is 0 Å². The van der Waals surface area contributed by atoms with Crippen LogP contribution in [0.25, 0.3) is 11.3 Å². The number of nitrogens with zero attached hydrogens (tertiary/aromatic N) is 1. The molecule has 0 unspecified atom stereocenters. The Morgan fingerprint density at radius 1 is 1.16 bits per heavy atom. The van der Waals surface area contributed by atoms with E-state index in [1.54, 1.807) is 35.7 Å². The second kappa shape index (κ2) is 6.73. The molecule has 0 aliphatic carbocycles. The third-order valence-electron chi connectivity index (χ3n) is 3.54. The standard InChI is InChI=1S/C17H17N3O3S2/c1-11-3-8-15(23-2)16(9-11)25(21,22)20-17-19-14(10-24-17)12-4-6-13(18)7-5-12/h3-10H,18H2,1-2H3,(H,19,20). The highest BCUT2D eigenvalue weighted by Gasteiger charge is 2.21. The first-order valence-corrected chi connectivity index (χ1v) is 9.74. The Kier molecular flexibility index (Phi) is 4.65. The largest absolute Gasteiger partial charge is 0.495 e. The minimum atomic E-state index is -3.80. The fourth-order valence-electron chi connectivity index (χ4n) is 2.27. The van der Waals surface area contributed by atoms with Crippen molar-refractivity contribution in [3.05, 3.63) is 53.4 Å². The van der Waals surface area contributed by atoms with Crippen molar-refractivity contribution in [2.75, 3.05) is 17.6 Å². The Labute approximate surface area is 150 Å². The summed E-state index contributed by atoms with van der Waals surface area (Å²) in [7, 11) is -2.36. The van der Waals surface area contributed by atoms with Crippen molar-refractivity contribution in [1.29, 1.82) is 0 Å². The molecule has 3 rings (SSSR count). The summed E-state index contributed by atoms with van der Waals surface area (Å²) >= 11 is 1.21. The molecular formula is C17H17N3O3S2. The second-order valence-corrected chi connectivity index (χ2v) is 7.93. The van der Waals surface area contributed by atoms with Gasteiger partial charge in [0.25, 0.3) is 10.0 Å². The van der Waals surface area contributed by atoms with E-state index in [9.17, 15) is 8.42 Å². The molecule has 0 saturated carbocycles. The number of anilines is 2. The van der Waals surface area contributed by atoms with Crippen molar-refractivity contribution >= 4 is 32.2 Å². The topological polar surface area (TPSA) is 94.3 Å². The van der Waals surface area contributed by atoms with Crippen LogP contribution in [0.3, 0.4) is 0 Å². The van der Waals surface area contributed by atoms with E-state index in [1.165, 1.54) is 18.4 Å². The molecule has 0 radical (unpaired) electrons. The predicted molar refractivity (Wildman–Crippen MR) is 101 cm³/mol. The minimum Gasteiger partial charge on any atom is -0.495 e. The van der Waals surface area contributed by atoms with E-state index in [0.717, 1.165) is 11.1 Å². The number of methoxy groups -OCH3 is 1. The van der Waals surface area contributed by atoms with Gasteiger partial charge in [-0.3, -0.25) is 4.72 Å².